The van der Waals surface area contributed by atoms with Crippen molar-refractivity contribution in [2.45, 2.75) is 6.92 Å². The van der Waals surface area contributed by atoms with Crippen LogP contribution in [0.2, 0.25) is 0 Å². The minimum Gasteiger partial charge on any atom is -0.472 e. The van der Waals surface area contributed by atoms with Gasteiger partial charge in [0.1, 0.15) is 11.8 Å². The molecule has 0 aliphatic heterocycles. The molecule has 1 aromatic carbocycles. The molecule has 0 aliphatic carbocycles. The maximum atomic E-state index is 10.2. The molecule has 0 unspecified atom stereocenters. The lowest BCUT2D eigenvalue weighted by molar-refractivity contribution is 0.203. The maximum Gasteiger partial charge on any atom is 0.179 e. The molecule has 90 valence electrons. The van der Waals surface area contributed by atoms with Crippen molar-refractivity contribution in [2.75, 3.05) is 0 Å². The third kappa shape index (κ3) is 1.50. The summed E-state index contributed by atoms with van der Waals surface area (Å²) in [6.45, 7) is 5.82. The summed E-state index contributed by atoms with van der Waals surface area (Å²) in [5, 5.41) is 10.2. The van der Waals surface area contributed by atoms with Crippen molar-refractivity contribution in [1.29, 1.82) is 0 Å². The molecule has 0 saturated heterocycles. The van der Waals surface area contributed by atoms with Gasteiger partial charge in [-0.1, -0.05) is 18.2 Å². The normalized spacial score (nSPS) is 10.9. The van der Waals surface area contributed by atoms with E-state index in [9.17, 15) is 5.21 Å². The van der Waals surface area contributed by atoms with Gasteiger partial charge in [0.25, 0.3) is 0 Å². The van der Waals surface area contributed by atoms with Crippen molar-refractivity contribution in [3.8, 4) is 11.4 Å². The number of benzene rings is 1. The molecule has 4 heteroatoms. The number of nitrogens with zero attached hydrogens (tertiary/aromatic N) is 2. The number of furan rings is 1. The summed E-state index contributed by atoms with van der Waals surface area (Å²) in [5.74, 6) is 0.470. The summed E-state index contributed by atoms with van der Waals surface area (Å²) in [4.78, 5) is 4.38. The van der Waals surface area contributed by atoms with Crippen molar-refractivity contribution in [1.82, 2.24) is 9.71 Å². The molecule has 0 bridgehead atoms. The first kappa shape index (κ1) is 10.7. The Labute approximate surface area is 104 Å². The van der Waals surface area contributed by atoms with E-state index in [0.717, 1.165) is 26.9 Å². The number of allylic oxidation sites excluding steroid dienone is 1. The number of hydrogen-bond donors (Lipinski definition) is 1. The minimum absolute atomic E-state index is 0.470. The lowest BCUT2D eigenvalue weighted by atomic mass is 10.1. The van der Waals surface area contributed by atoms with Crippen LogP contribution in [-0.2, 0) is 0 Å². The van der Waals surface area contributed by atoms with E-state index in [1.54, 1.807) is 18.6 Å². The van der Waals surface area contributed by atoms with Gasteiger partial charge in [0, 0.05) is 0 Å². The number of imidazole rings is 1. The minimum atomic E-state index is 0.470. The molecule has 0 fully saturated rings. The van der Waals surface area contributed by atoms with Gasteiger partial charge in [0.05, 0.1) is 17.3 Å². The molecule has 0 aliphatic rings. The lowest BCUT2D eigenvalue weighted by Gasteiger charge is -2.00. The fourth-order valence-corrected chi connectivity index (χ4v) is 1.91. The smallest absolute Gasteiger partial charge is 0.179 e. The molecule has 0 atom stereocenters. The number of aromatic nitrogens is 2. The lowest BCUT2D eigenvalue weighted by Crippen LogP contribution is -1.93. The Morgan fingerprint density at radius 2 is 2.22 bits per heavy atom. The Bertz CT molecular complexity index is 724. The number of fused-ring (bicyclic) bond motifs is 1. The number of rotatable bonds is 2. The van der Waals surface area contributed by atoms with Crippen molar-refractivity contribution >= 4 is 16.6 Å². The van der Waals surface area contributed by atoms with Crippen LogP contribution in [0.3, 0.4) is 0 Å². The second kappa shape index (κ2) is 3.77. The highest BCUT2D eigenvalue weighted by Crippen LogP contribution is 2.25. The molecule has 18 heavy (non-hydrogen) atoms. The van der Waals surface area contributed by atoms with Gasteiger partial charge in [-0.15, -0.1) is 0 Å². The summed E-state index contributed by atoms with van der Waals surface area (Å²) in [5.41, 5.74) is 4.07. The highest BCUT2D eigenvalue weighted by atomic mass is 16.5. The third-order valence-electron chi connectivity index (χ3n) is 2.90. The van der Waals surface area contributed by atoms with Crippen LogP contribution >= 0.6 is 0 Å². The summed E-state index contributed by atoms with van der Waals surface area (Å²) < 4.78 is 6.08. The predicted molar refractivity (Wildman–Crippen MR) is 69.3 cm³/mol. The zero-order valence-electron chi connectivity index (χ0n) is 9.92. The molecule has 0 amide bonds. The summed E-state index contributed by atoms with van der Waals surface area (Å²) in [7, 11) is 0. The second-order valence-corrected chi connectivity index (χ2v) is 4.24. The van der Waals surface area contributed by atoms with Gasteiger partial charge in [0.2, 0.25) is 0 Å². The molecule has 2 heterocycles. The quantitative estimate of drug-likeness (QED) is 0.697. The first-order chi connectivity index (χ1) is 8.66. The van der Waals surface area contributed by atoms with Crippen LogP contribution in [0.25, 0.3) is 28.0 Å². The van der Waals surface area contributed by atoms with Gasteiger partial charge in [-0.05, 0) is 30.7 Å². The number of hydrogen-bond acceptors (Lipinski definition) is 3. The maximum absolute atomic E-state index is 10.2. The Hall–Kier alpha value is -2.49. The van der Waals surface area contributed by atoms with E-state index in [2.05, 4.69) is 11.6 Å². The second-order valence-electron chi connectivity index (χ2n) is 4.24. The molecular weight excluding hydrogens is 228 g/mol. The SMILES string of the molecule is C=C(C)c1ccc2nc(-c3ccoc3)n(O)c2c1. The van der Waals surface area contributed by atoms with Crippen molar-refractivity contribution in [2.24, 2.45) is 0 Å². The molecule has 3 aromatic rings. The van der Waals surface area contributed by atoms with E-state index in [4.69, 9.17) is 4.42 Å². The van der Waals surface area contributed by atoms with Gasteiger partial charge in [-0.3, -0.25) is 0 Å². The predicted octanol–water partition coefficient (Wildman–Crippen LogP) is 3.57. The van der Waals surface area contributed by atoms with Gasteiger partial charge >= 0.3 is 0 Å². The van der Waals surface area contributed by atoms with E-state index >= 15 is 0 Å². The van der Waals surface area contributed by atoms with Gasteiger partial charge in [-0.2, -0.15) is 4.73 Å². The summed E-state index contributed by atoms with van der Waals surface area (Å²) >= 11 is 0. The Morgan fingerprint density at radius 3 is 2.89 bits per heavy atom. The Kier molecular flexibility index (Phi) is 2.23. The first-order valence-electron chi connectivity index (χ1n) is 5.57. The van der Waals surface area contributed by atoms with E-state index in [1.165, 1.54) is 0 Å². The van der Waals surface area contributed by atoms with Crippen LogP contribution in [0.4, 0.5) is 0 Å². The Morgan fingerprint density at radius 1 is 1.39 bits per heavy atom. The topological polar surface area (TPSA) is 51.2 Å². The average Bonchev–Trinajstić information content (AvgIpc) is 2.97. The molecule has 0 spiro atoms. The third-order valence-corrected chi connectivity index (χ3v) is 2.90. The van der Waals surface area contributed by atoms with Gasteiger partial charge in [-0.25, -0.2) is 4.98 Å². The van der Waals surface area contributed by atoms with E-state index in [1.807, 2.05) is 25.1 Å². The Balaban J connectivity index is 2.25. The molecular formula is C14H12N2O2. The van der Waals surface area contributed by atoms with Crippen LogP contribution in [0.15, 0.2) is 47.8 Å². The van der Waals surface area contributed by atoms with Crippen LogP contribution < -0.4 is 0 Å². The van der Waals surface area contributed by atoms with Crippen molar-refractivity contribution in [3.05, 3.63) is 48.9 Å². The first-order valence-corrected chi connectivity index (χ1v) is 5.57. The van der Waals surface area contributed by atoms with Crippen LogP contribution in [0.1, 0.15) is 12.5 Å². The van der Waals surface area contributed by atoms with Crippen LogP contribution in [-0.4, -0.2) is 14.9 Å². The fraction of sp³-hybridized carbons (Fsp3) is 0.0714. The average molecular weight is 240 g/mol. The van der Waals surface area contributed by atoms with Crippen LogP contribution in [0.5, 0.6) is 0 Å². The molecule has 0 radical (unpaired) electrons. The summed E-state index contributed by atoms with van der Waals surface area (Å²) in [6.07, 6.45) is 3.10. The zero-order chi connectivity index (χ0) is 12.7. The highest BCUT2D eigenvalue weighted by Gasteiger charge is 2.13. The molecule has 0 saturated carbocycles. The van der Waals surface area contributed by atoms with E-state index < -0.39 is 0 Å². The standard InChI is InChI=1S/C14H12N2O2/c1-9(2)10-3-4-12-13(7-10)16(17)14(15-12)11-5-6-18-8-11/h3-8,17H,1H2,2H3. The molecule has 1 N–H and O–H groups in total. The van der Waals surface area contributed by atoms with Gasteiger partial charge < -0.3 is 9.62 Å². The van der Waals surface area contributed by atoms with Crippen molar-refractivity contribution in [3.63, 3.8) is 0 Å². The fourth-order valence-electron chi connectivity index (χ4n) is 1.91. The molecule has 4 nitrogen and oxygen atoms in total. The van der Waals surface area contributed by atoms with E-state index in [0.29, 0.717) is 11.3 Å². The highest BCUT2D eigenvalue weighted by molar-refractivity contribution is 5.83. The molecule has 3 rings (SSSR count). The van der Waals surface area contributed by atoms with Gasteiger partial charge in [0.15, 0.2) is 5.82 Å². The largest absolute Gasteiger partial charge is 0.472 e. The zero-order valence-corrected chi connectivity index (χ0v) is 9.92. The van der Waals surface area contributed by atoms with E-state index in [-0.39, 0.29) is 0 Å². The van der Waals surface area contributed by atoms with Crippen molar-refractivity contribution < 1.29 is 9.62 Å². The monoisotopic (exact) mass is 240 g/mol. The van der Waals surface area contributed by atoms with Crippen LogP contribution in [0, 0.1) is 0 Å². The summed E-state index contributed by atoms with van der Waals surface area (Å²) in [6, 6.07) is 7.44. The molecule has 2 aromatic heterocycles.